The number of imidazole rings is 1. The summed E-state index contributed by atoms with van der Waals surface area (Å²) in [5, 5.41) is 18.9. The van der Waals surface area contributed by atoms with Crippen LogP contribution in [0.1, 0.15) is 5.56 Å². The Bertz CT molecular complexity index is 1210. The number of alkyl halides is 3. The molecule has 0 saturated carbocycles. The highest BCUT2D eigenvalue weighted by molar-refractivity contribution is 9.10. The van der Waals surface area contributed by atoms with Gasteiger partial charge in [0, 0.05) is 14.7 Å². The molecule has 0 aliphatic carbocycles. The molecule has 0 bridgehead atoms. The van der Waals surface area contributed by atoms with Crippen LogP contribution in [-0.4, -0.2) is 44.1 Å². The Morgan fingerprint density at radius 2 is 1.85 bits per heavy atom. The van der Waals surface area contributed by atoms with Gasteiger partial charge in [-0.2, -0.15) is 18.3 Å². The predicted molar refractivity (Wildman–Crippen MR) is 126 cm³/mol. The van der Waals surface area contributed by atoms with E-state index in [0.717, 1.165) is 10.8 Å². The van der Waals surface area contributed by atoms with Crippen molar-refractivity contribution in [3.05, 3.63) is 48.7 Å². The molecule has 2 aromatic heterocycles. The van der Waals surface area contributed by atoms with Gasteiger partial charge in [0.2, 0.25) is 0 Å². The molecule has 0 saturated heterocycles. The SMILES string of the molecule is C[Si](C)(C)CCOCn1c(-c2cnn(-c3c(Cl)cc(C(F)(F)F)cc3Cl)n2)nc([N+](=O)[O-])c1Br. The Morgan fingerprint density at radius 1 is 1.24 bits per heavy atom. The summed E-state index contributed by atoms with van der Waals surface area (Å²) in [6.07, 6.45) is -3.40. The topological polar surface area (TPSA) is 101 Å². The van der Waals surface area contributed by atoms with Crippen LogP contribution in [0, 0.1) is 10.1 Å². The highest BCUT2D eigenvalue weighted by atomic mass is 79.9. The zero-order chi connectivity index (χ0) is 25.4. The number of benzene rings is 1. The molecule has 3 aromatic rings. The number of rotatable bonds is 8. The fraction of sp³-hybridized carbons (Fsp3) is 0.389. The van der Waals surface area contributed by atoms with E-state index < -0.39 is 30.6 Å². The van der Waals surface area contributed by atoms with Gasteiger partial charge in [0.15, 0.2) is 10.3 Å². The molecule has 0 radical (unpaired) electrons. The molecule has 2 heterocycles. The van der Waals surface area contributed by atoms with Gasteiger partial charge in [0.05, 0.1) is 21.8 Å². The van der Waals surface area contributed by atoms with Crippen molar-refractivity contribution in [3.8, 4) is 17.2 Å². The largest absolute Gasteiger partial charge is 0.416 e. The number of aromatic nitrogens is 5. The van der Waals surface area contributed by atoms with Gasteiger partial charge in [-0.3, -0.25) is 4.57 Å². The lowest BCUT2D eigenvalue weighted by molar-refractivity contribution is -0.390. The van der Waals surface area contributed by atoms with Crippen molar-refractivity contribution < 1.29 is 22.8 Å². The maximum atomic E-state index is 13.0. The van der Waals surface area contributed by atoms with Crippen LogP contribution in [0.5, 0.6) is 0 Å². The average Bonchev–Trinajstić information content (AvgIpc) is 3.28. The highest BCUT2D eigenvalue weighted by Crippen LogP contribution is 2.37. The third-order valence-electron chi connectivity index (χ3n) is 4.54. The molecule has 9 nitrogen and oxygen atoms in total. The van der Waals surface area contributed by atoms with Gasteiger partial charge in [-0.25, -0.2) is 0 Å². The minimum absolute atomic E-state index is 0.0457. The van der Waals surface area contributed by atoms with Gasteiger partial charge >= 0.3 is 12.0 Å². The Morgan fingerprint density at radius 3 is 2.38 bits per heavy atom. The second-order valence-corrected chi connectivity index (χ2v) is 15.6. The zero-order valence-electron chi connectivity index (χ0n) is 18.0. The van der Waals surface area contributed by atoms with E-state index in [9.17, 15) is 23.3 Å². The van der Waals surface area contributed by atoms with Crippen molar-refractivity contribution in [1.29, 1.82) is 0 Å². The number of halogens is 6. The quantitative estimate of drug-likeness (QED) is 0.127. The molecule has 0 spiro atoms. The molecular formula is C18H18BrCl2F3N6O3Si. The van der Waals surface area contributed by atoms with Crippen LogP contribution >= 0.6 is 39.1 Å². The molecular weight excluding hydrogens is 584 g/mol. The van der Waals surface area contributed by atoms with Gasteiger partial charge in [0.25, 0.3) is 5.82 Å². The highest BCUT2D eigenvalue weighted by Gasteiger charge is 2.33. The summed E-state index contributed by atoms with van der Waals surface area (Å²) in [5.74, 6) is -0.388. The van der Waals surface area contributed by atoms with E-state index in [1.165, 1.54) is 10.8 Å². The van der Waals surface area contributed by atoms with E-state index in [4.69, 9.17) is 27.9 Å². The molecule has 0 amide bonds. The number of hydrogen-bond acceptors (Lipinski definition) is 6. The van der Waals surface area contributed by atoms with Crippen molar-refractivity contribution in [2.45, 2.75) is 38.6 Å². The van der Waals surface area contributed by atoms with E-state index >= 15 is 0 Å². The van der Waals surface area contributed by atoms with Gasteiger partial charge < -0.3 is 14.9 Å². The van der Waals surface area contributed by atoms with E-state index in [1.807, 2.05) is 0 Å². The van der Waals surface area contributed by atoms with Gasteiger partial charge in [-0.1, -0.05) is 42.8 Å². The fourth-order valence-electron chi connectivity index (χ4n) is 2.78. The lowest BCUT2D eigenvalue weighted by atomic mass is 10.2. The van der Waals surface area contributed by atoms with Crippen LogP contribution in [0.25, 0.3) is 17.2 Å². The van der Waals surface area contributed by atoms with E-state index in [-0.39, 0.29) is 38.6 Å². The maximum Gasteiger partial charge on any atom is 0.416 e. The first-order chi connectivity index (χ1) is 15.7. The molecule has 0 fully saturated rings. The summed E-state index contributed by atoms with van der Waals surface area (Å²) in [6, 6.07) is 2.30. The smallest absolute Gasteiger partial charge is 0.361 e. The first-order valence-electron chi connectivity index (χ1n) is 9.66. The standard InChI is InChI=1S/C18H18BrCl2F3N6O3Si/c1-34(2,3)5-4-33-9-28-15(19)17(30(31)32)26-16(28)13-8-25-29(27-13)14-11(20)6-10(7-12(14)21)18(22,23)24/h6-8H,4-5,9H2,1-3H3. The van der Waals surface area contributed by atoms with E-state index in [1.54, 1.807) is 0 Å². The normalized spacial score (nSPS) is 12.4. The number of ether oxygens (including phenoxy) is 1. The Labute approximate surface area is 211 Å². The third kappa shape index (κ3) is 5.97. The van der Waals surface area contributed by atoms with Gasteiger partial charge in [-0.05, 0) is 44.0 Å². The summed E-state index contributed by atoms with van der Waals surface area (Å²) in [5.41, 5.74) is -1.01. The molecule has 34 heavy (non-hydrogen) atoms. The lowest BCUT2D eigenvalue weighted by Gasteiger charge is -2.15. The van der Waals surface area contributed by atoms with Crippen molar-refractivity contribution in [1.82, 2.24) is 24.5 Å². The Hall–Kier alpha value is -2.00. The second-order valence-electron chi connectivity index (χ2n) is 8.39. The predicted octanol–water partition coefficient (Wildman–Crippen LogP) is 6.44. The third-order valence-corrected chi connectivity index (χ3v) is 7.61. The minimum Gasteiger partial charge on any atom is -0.361 e. The number of nitrogens with zero attached hydrogens (tertiary/aromatic N) is 6. The molecule has 0 aliphatic rings. The molecule has 0 aliphatic heterocycles. The molecule has 184 valence electrons. The van der Waals surface area contributed by atoms with Crippen LogP contribution in [-0.2, 0) is 17.6 Å². The van der Waals surface area contributed by atoms with Crippen LogP contribution in [0.4, 0.5) is 19.0 Å². The van der Waals surface area contributed by atoms with Crippen molar-refractivity contribution in [2.75, 3.05) is 6.61 Å². The first kappa shape index (κ1) is 26.6. The first-order valence-corrected chi connectivity index (χ1v) is 14.9. The zero-order valence-corrected chi connectivity index (χ0v) is 22.1. The fourth-order valence-corrected chi connectivity index (χ4v) is 4.68. The molecule has 0 unspecified atom stereocenters. The van der Waals surface area contributed by atoms with Gasteiger partial charge in [-0.15, -0.1) is 9.90 Å². The van der Waals surface area contributed by atoms with Gasteiger partial charge in [0.1, 0.15) is 12.4 Å². The molecule has 0 N–H and O–H groups in total. The summed E-state index contributed by atoms with van der Waals surface area (Å²) in [7, 11) is -1.35. The summed E-state index contributed by atoms with van der Waals surface area (Å²) in [4.78, 5) is 15.7. The molecule has 16 heteroatoms. The average molecular weight is 602 g/mol. The summed E-state index contributed by atoms with van der Waals surface area (Å²) in [6.45, 7) is 6.98. The Kier molecular flexibility index (Phi) is 7.77. The van der Waals surface area contributed by atoms with Crippen LogP contribution in [0.2, 0.25) is 35.7 Å². The monoisotopic (exact) mass is 600 g/mol. The second kappa shape index (κ2) is 9.93. The van der Waals surface area contributed by atoms with Crippen molar-refractivity contribution >= 4 is 53.0 Å². The summed E-state index contributed by atoms with van der Waals surface area (Å²) < 4.78 is 46.2. The van der Waals surface area contributed by atoms with Crippen LogP contribution < -0.4 is 0 Å². The molecule has 3 rings (SSSR count). The number of hydrogen-bond donors (Lipinski definition) is 0. The maximum absolute atomic E-state index is 13.0. The molecule has 1 aromatic carbocycles. The van der Waals surface area contributed by atoms with Crippen LogP contribution in [0.15, 0.2) is 22.9 Å². The van der Waals surface area contributed by atoms with Crippen molar-refractivity contribution in [3.63, 3.8) is 0 Å². The lowest BCUT2D eigenvalue weighted by Crippen LogP contribution is -2.22. The Balaban J connectivity index is 1.97. The van der Waals surface area contributed by atoms with Crippen LogP contribution in [0.3, 0.4) is 0 Å². The minimum atomic E-state index is -4.64. The van der Waals surface area contributed by atoms with Crippen molar-refractivity contribution in [2.24, 2.45) is 0 Å². The summed E-state index contributed by atoms with van der Waals surface area (Å²) >= 11 is 15.2. The van der Waals surface area contributed by atoms with E-state index in [2.05, 4.69) is 50.8 Å². The number of nitro groups is 1. The van der Waals surface area contributed by atoms with E-state index in [0.29, 0.717) is 18.7 Å². The molecule has 0 atom stereocenters.